The number of hydrogen-bond donors (Lipinski definition) is 0. The van der Waals surface area contributed by atoms with E-state index in [1.54, 1.807) is 6.92 Å². The molecular formula is C9H14N2O2. The van der Waals surface area contributed by atoms with Crippen molar-refractivity contribution in [3.8, 4) is 6.07 Å². The summed E-state index contributed by atoms with van der Waals surface area (Å²) in [5, 5.41) is 8.72. The van der Waals surface area contributed by atoms with Crippen LogP contribution in [0.5, 0.6) is 0 Å². The van der Waals surface area contributed by atoms with Gasteiger partial charge in [0.2, 0.25) is 0 Å². The lowest BCUT2D eigenvalue weighted by Gasteiger charge is -2.23. The lowest BCUT2D eigenvalue weighted by molar-refractivity contribution is -0.146. The molecule has 0 aromatic rings. The van der Waals surface area contributed by atoms with Gasteiger partial charge in [0.25, 0.3) is 0 Å². The maximum atomic E-state index is 11.3. The summed E-state index contributed by atoms with van der Waals surface area (Å²) in [5.74, 6) is -0.223. The fourth-order valence-corrected chi connectivity index (χ4v) is 1.72. The van der Waals surface area contributed by atoms with E-state index >= 15 is 0 Å². The monoisotopic (exact) mass is 182 g/mol. The van der Waals surface area contributed by atoms with Crippen LogP contribution >= 0.6 is 0 Å². The molecule has 0 spiro atoms. The molecule has 1 rings (SSSR count). The topological polar surface area (TPSA) is 53.3 Å². The number of esters is 1. The minimum absolute atomic E-state index is 0.202. The van der Waals surface area contributed by atoms with Gasteiger partial charge in [-0.05, 0) is 19.8 Å². The van der Waals surface area contributed by atoms with Crippen molar-refractivity contribution in [1.82, 2.24) is 4.90 Å². The summed E-state index contributed by atoms with van der Waals surface area (Å²) in [7, 11) is 1.38. The van der Waals surface area contributed by atoms with Gasteiger partial charge >= 0.3 is 5.97 Å². The standard InChI is InChI=1S/C9H14N2O2/c1-7(6-10)11-5-3-4-8(11)9(12)13-2/h7-8H,3-5H2,1-2H3. The number of hydrogen-bond acceptors (Lipinski definition) is 4. The summed E-state index contributed by atoms with van der Waals surface area (Å²) in [4.78, 5) is 13.2. The predicted octanol–water partition coefficient (Wildman–Crippen LogP) is 0.536. The van der Waals surface area contributed by atoms with Gasteiger partial charge in [0.05, 0.1) is 19.2 Å². The highest BCUT2D eigenvalue weighted by Crippen LogP contribution is 2.20. The largest absolute Gasteiger partial charge is 0.468 e. The molecule has 0 radical (unpaired) electrons. The van der Waals surface area contributed by atoms with Gasteiger partial charge < -0.3 is 4.74 Å². The summed E-state index contributed by atoms with van der Waals surface area (Å²) in [5.41, 5.74) is 0. The molecule has 4 nitrogen and oxygen atoms in total. The Morgan fingerprint density at radius 2 is 2.46 bits per heavy atom. The Hall–Kier alpha value is -1.08. The second-order valence-electron chi connectivity index (χ2n) is 3.22. The van der Waals surface area contributed by atoms with E-state index in [4.69, 9.17) is 5.26 Å². The zero-order valence-electron chi connectivity index (χ0n) is 7.99. The van der Waals surface area contributed by atoms with Crippen LogP contribution in [0.4, 0.5) is 0 Å². The van der Waals surface area contributed by atoms with Crippen LogP contribution in [0.3, 0.4) is 0 Å². The summed E-state index contributed by atoms with van der Waals surface area (Å²) in [6.07, 6.45) is 1.77. The smallest absolute Gasteiger partial charge is 0.323 e. The molecule has 1 aliphatic rings. The molecule has 0 saturated carbocycles. The Labute approximate surface area is 78.1 Å². The molecule has 0 N–H and O–H groups in total. The van der Waals surface area contributed by atoms with Crippen LogP contribution in [0, 0.1) is 11.3 Å². The molecular weight excluding hydrogens is 168 g/mol. The van der Waals surface area contributed by atoms with Crippen molar-refractivity contribution in [3.63, 3.8) is 0 Å². The summed E-state index contributed by atoms with van der Waals surface area (Å²) < 4.78 is 4.67. The number of methoxy groups -OCH3 is 1. The van der Waals surface area contributed by atoms with Crippen LogP contribution in [-0.4, -0.2) is 36.6 Å². The molecule has 0 aromatic heterocycles. The van der Waals surface area contributed by atoms with Crippen LogP contribution in [-0.2, 0) is 9.53 Å². The van der Waals surface area contributed by atoms with Crippen LogP contribution in [0.1, 0.15) is 19.8 Å². The molecule has 13 heavy (non-hydrogen) atoms. The molecule has 0 bridgehead atoms. The Balaban J connectivity index is 2.64. The first kappa shape index (κ1) is 10.0. The lowest BCUT2D eigenvalue weighted by atomic mass is 10.2. The average Bonchev–Trinajstić information content (AvgIpc) is 2.63. The molecule has 0 aliphatic carbocycles. The van der Waals surface area contributed by atoms with Crippen molar-refractivity contribution >= 4 is 5.97 Å². The maximum Gasteiger partial charge on any atom is 0.323 e. The number of carbonyl (C=O) groups is 1. The highest BCUT2D eigenvalue weighted by molar-refractivity contribution is 5.76. The van der Waals surface area contributed by atoms with E-state index in [0.29, 0.717) is 0 Å². The first-order valence-electron chi connectivity index (χ1n) is 4.44. The van der Waals surface area contributed by atoms with Gasteiger partial charge in [0.15, 0.2) is 0 Å². The third kappa shape index (κ3) is 1.99. The fraction of sp³-hybridized carbons (Fsp3) is 0.778. The number of nitrogens with zero attached hydrogens (tertiary/aromatic N) is 2. The second kappa shape index (κ2) is 4.24. The quantitative estimate of drug-likeness (QED) is 0.585. The number of ether oxygens (including phenoxy) is 1. The normalized spacial score (nSPS) is 25.2. The highest BCUT2D eigenvalue weighted by Gasteiger charge is 2.34. The number of rotatable bonds is 2. The molecule has 0 aromatic carbocycles. The average molecular weight is 182 g/mol. The van der Waals surface area contributed by atoms with E-state index in [1.807, 2.05) is 4.90 Å². The molecule has 2 unspecified atom stereocenters. The van der Waals surface area contributed by atoms with Gasteiger partial charge in [0.1, 0.15) is 6.04 Å². The van der Waals surface area contributed by atoms with Crippen LogP contribution in [0.2, 0.25) is 0 Å². The zero-order valence-corrected chi connectivity index (χ0v) is 7.99. The van der Waals surface area contributed by atoms with Crippen molar-refractivity contribution in [2.24, 2.45) is 0 Å². The van der Waals surface area contributed by atoms with Crippen molar-refractivity contribution in [2.45, 2.75) is 31.8 Å². The highest BCUT2D eigenvalue weighted by atomic mass is 16.5. The summed E-state index contributed by atoms with van der Waals surface area (Å²) in [6.45, 7) is 2.62. The van der Waals surface area contributed by atoms with Crippen LogP contribution < -0.4 is 0 Å². The molecule has 1 saturated heterocycles. The summed E-state index contributed by atoms with van der Waals surface area (Å²) in [6, 6.07) is 1.72. The molecule has 1 heterocycles. The van der Waals surface area contributed by atoms with Gasteiger partial charge in [-0.15, -0.1) is 0 Å². The van der Waals surface area contributed by atoms with E-state index in [2.05, 4.69) is 10.8 Å². The van der Waals surface area contributed by atoms with E-state index in [9.17, 15) is 4.79 Å². The van der Waals surface area contributed by atoms with E-state index in [0.717, 1.165) is 19.4 Å². The van der Waals surface area contributed by atoms with Crippen LogP contribution in [0.25, 0.3) is 0 Å². The number of likely N-dealkylation sites (tertiary alicyclic amines) is 1. The lowest BCUT2D eigenvalue weighted by Crippen LogP contribution is -2.41. The number of nitriles is 1. The Kier molecular flexibility index (Phi) is 3.26. The third-order valence-corrected chi connectivity index (χ3v) is 2.45. The van der Waals surface area contributed by atoms with Gasteiger partial charge in [-0.25, -0.2) is 0 Å². The Bertz CT molecular complexity index is 234. The SMILES string of the molecule is COC(=O)C1CCCN1C(C)C#N. The van der Waals surface area contributed by atoms with Crippen molar-refractivity contribution < 1.29 is 9.53 Å². The minimum Gasteiger partial charge on any atom is -0.468 e. The molecule has 72 valence electrons. The zero-order chi connectivity index (χ0) is 9.84. The summed E-state index contributed by atoms with van der Waals surface area (Å²) >= 11 is 0. The molecule has 2 atom stereocenters. The fourth-order valence-electron chi connectivity index (χ4n) is 1.72. The maximum absolute atomic E-state index is 11.3. The van der Waals surface area contributed by atoms with Gasteiger partial charge in [-0.2, -0.15) is 5.26 Å². The minimum atomic E-state index is -0.223. The molecule has 4 heteroatoms. The first-order valence-corrected chi connectivity index (χ1v) is 4.44. The van der Waals surface area contributed by atoms with Gasteiger partial charge in [0, 0.05) is 6.54 Å². The Morgan fingerprint density at radius 1 is 1.77 bits per heavy atom. The van der Waals surface area contributed by atoms with E-state index < -0.39 is 0 Å². The predicted molar refractivity (Wildman–Crippen MR) is 46.8 cm³/mol. The second-order valence-corrected chi connectivity index (χ2v) is 3.22. The van der Waals surface area contributed by atoms with Crippen molar-refractivity contribution in [3.05, 3.63) is 0 Å². The Morgan fingerprint density at radius 3 is 3.00 bits per heavy atom. The molecule has 1 fully saturated rings. The van der Waals surface area contributed by atoms with Crippen LogP contribution in [0.15, 0.2) is 0 Å². The van der Waals surface area contributed by atoms with Crippen molar-refractivity contribution in [2.75, 3.05) is 13.7 Å². The van der Waals surface area contributed by atoms with Crippen molar-refractivity contribution in [1.29, 1.82) is 5.26 Å². The van der Waals surface area contributed by atoms with E-state index in [-0.39, 0.29) is 18.1 Å². The molecule has 1 aliphatic heterocycles. The van der Waals surface area contributed by atoms with Gasteiger partial charge in [-0.3, -0.25) is 9.69 Å². The van der Waals surface area contributed by atoms with E-state index in [1.165, 1.54) is 7.11 Å². The first-order chi connectivity index (χ1) is 6.20. The molecule has 0 amide bonds. The number of carbonyl (C=O) groups excluding carboxylic acids is 1. The van der Waals surface area contributed by atoms with Gasteiger partial charge in [-0.1, -0.05) is 0 Å². The third-order valence-electron chi connectivity index (χ3n) is 2.45.